The smallest absolute Gasteiger partial charge is 0.320 e. The molecule has 2 aromatic rings. The second kappa shape index (κ2) is 12.0. The van der Waals surface area contributed by atoms with E-state index in [4.69, 9.17) is 15.2 Å². The Labute approximate surface area is 228 Å². The lowest BCUT2D eigenvalue weighted by molar-refractivity contribution is 0.0508. The molecule has 0 spiro atoms. The number of hydrogen-bond acceptors (Lipinski definition) is 7. The average molecular weight is 546 g/mol. The molecule has 3 atom stereocenters. The molecule has 214 valence electrons. The summed E-state index contributed by atoms with van der Waals surface area (Å²) in [4.78, 5) is 29.9. The van der Waals surface area contributed by atoms with Gasteiger partial charge in [0.15, 0.2) is 0 Å². The molecule has 0 saturated carbocycles. The molecule has 11 heteroatoms. The molecule has 0 radical (unpaired) electrons. The number of β-amino-alcohol motifs (C(OH)–C–C–N with tert-alkyl or cyclic N) is 1. The van der Waals surface area contributed by atoms with Crippen LogP contribution in [-0.2, 0) is 17.9 Å². The zero-order chi connectivity index (χ0) is 28.3. The summed E-state index contributed by atoms with van der Waals surface area (Å²) in [5.41, 5.74) is 6.65. The minimum Gasteiger partial charge on any atom is -0.471 e. The number of hydrogen-bond donors (Lipinski definition) is 2. The van der Waals surface area contributed by atoms with Crippen molar-refractivity contribution in [1.29, 1.82) is 0 Å². The summed E-state index contributed by atoms with van der Waals surface area (Å²) in [5.74, 6) is -1.72. The number of amides is 2. The predicted octanol–water partition coefficient (Wildman–Crippen LogP) is 2.98. The molecular formula is C28H40FN5O5. The van der Waals surface area contributed by atoms with Crippen LogP contribution in [0.4, 0.5) is 9.18 Å². The van der Waals surface area contributed by atoms with E-state index in [0.717, 1.165) is 15.8 Å². The van der Waals surface area contributed by atoms with E-state index in [1.54, 1.807) is 23.6 Å². The van der Waals surface area contributed by atoms with Crippen LogP contribution < -0.4 is 10.5 Å². The number of rotatable bonds is 8. The Morgan fingerprint density at radius 3 is 2.36 bits per heavy atom. The number of piperidine rings is 1. The number of carbonyl (C=O) groups excluding carboxylic acids is 2. The highest BCUT2D eigenvalue weighted by molar-refractivity contribution is 5.85. The zero-order valence-corrected chi connectivity index (χ0v) is 23.2. The maximum Gasteiger partial charge on any atom is 0.320 e. The number of methoxy groups -OCH3 is 1. The second-order valence-electron chi connectivity index (χ2n) is 11.3. The fourth-order valence-electron chi connectivity index (χ4n) is 5.37. The summed E-state index contributed by atoms with van der Waals surface area (Å²) >= 11 is 0. The lowest BCUT2D eigenvalue weighted by Crippen LogP contribution is -2.48. The van der Waals surface area contributed by atoms with Gasteiger partial charge >= 0.3 is 6.03 Å². The first kappa shape index (κ1) is 29.0. The highest BCUT2D eigenvalue weighted by atomic mass is 19.1. The van der Waals surface area contributed by atoms with E-state index in [0.29, 0.717) is 45.6 Å². The molecule has 3 heterocycles. The fourth-order valence-corrected chi connectivity index (χ4v) is 5.37. The maximum atomic E-state index is 16.0. The largest absolute Gasteiger partial charge is 0.471 e. The standard InChI is InChI=1S/C28H40FN5O5/c1-18-14-32(27(37)33-11-9-21(35)15-33)12-10-22(18)24-23(29)25(34(31-24)26(36)28(2,3)17-38-4)39-16-20-7-5-19(13-30)6-8-20/h5-8,18,21-22,35H,9-17,30H2,1-4H3. The molecule has 2 aliphatic heterocycles. The first-order valence-electron chi connectivity index (χ1n) is 13.5. The fraction of sp³-hybridized carbons (Fsp3) is 0.607. The number of aliphatic hydroxyl groups is 1. The van der Waals surface area contributed by atoms with E-state index in [-0.39, 0.29) is 42.7 Å². The summed E-state index contributed by atoms with van der Waals surface area (Å²) in [5, 5.41) is 14.3. The van der Waals surface area contributed by atoms with Gasteiger partial charge in [-0.3, -0.25) is 4.79 Å². The molecule has 2 amide bonds. The summed E-state index contributed by atoms with van der Waals surface area (Å²) in [6.45, 7) is 7.71. The number of urea groups is 1. The third-order valence-electron chi connectivity index (χ3n) is 7.68. The van der Waals surface area contributed by atoms with Crippen molar-refractivity contribution in [3.05, 3.63) is 46.9 Å². The van der Waals surface area contributed by atoms with Crippen molar-refractivity contribution in [1.82, 2.24) is 19.6 Å². The van der Waals surface area contributed by atoms with E-state index in [2.05, 4.69) is 5.10 Å². The Morgan fingerprint density at radius 2 is 1.77 bits per heavy atom. The van der Waals surface area contributed by atoms with Crippen LogP contribution in [0.25, 0.3) is 0 Å². The van der Waals surface area contributed by atoms with Crippen LogP contribution in [0.3, 0.4) is 0 Å². The van der Waals surface area contributed by atoms with Gasteiger partial charge in [-0.05, 0) is 43.7 Å². The molecule has 2 saturated heterocycles. The quantitative estimate of drug-likeness (QED) is 0.523. The van der Waals surface area contributed by atoms with Crippen LogP contribution in [0, 0.1) is 17.2 Å². The van der Waals surface area contributed by atoms with Gasteiger partial charge in [0.2, 0.25) is 5.82 Å². The van der Waals surface area contributed by atoms with Crippen LogP contribution in [0.5, 0.6) is 5.88 Å². The number of ether oxygens (including phenoxy) is 2. The van der Waals surface area contributed by atoms with Gasteiger partial charge in [0.1, 0.15) is 12.3 Å². The highest BCUT2D eigenvalue weighted by Crippen LogP contribution is 2.38. The monoisotopic (exact) mass is 545 g/mol. The number of likely N-dealkylation sites (tertiary alicyclic amines) is 2. The number of aliphatic hydroxyl groups excluding tert-OH is 1. The zero-order valence-electron chi connectivity index (χ0n) is 23.2. The number of aromatic nitrogens is 2. The Balaban J connectivity index is 1.57. The Kier molecular flexibility index (Phi) is 8.93. The van der Waals surface area contributed by atoms with E-state index in [1.807, 2.05) is 31.2 Å². The number of nitrogens with two attached hydrogens (primary N) is 1. The molecule has 39 heavy (non-hydrogen) atoms. The van der Waals surface area contributed by atoms with Gasteiger partial charge in [-0.2, -0.15) is 14.2 Å². The first-order valence-corrected chi connectivity index (χ1v) is 13.5. The summed E-state index contributed by atoms with van der Waals surface area (Å²) in [6, 6.07) is 7.36. The predicted molar refractivity (Wildman–Crippen MR) is 143 cm³/mol. The van der Waals surface area contributed by atoms with Gasteiger partial charge in [-0.1, -0.05) is 31.2 Å². The highest BCUT2D eigenvalue weighted by Gasteiger charge is 2.40. The van der Waals surface area contributed by atoms with Crippen molar-refractivity contribution in [2.45, 2.75) is 58.8 Å². The summed E-state index contributed by atoms with van der Waals surface area (Å²) in [7, 11) is 1.51. The topological polar surface area (TPSA) is 123 Å². The summed E-state index contributed by atoms with van der Waals surface area (Å²) in [6.07, 6.45) is 0.583. The third kappa shape index (κ3) is 6.26. The van der Waals surface area contributed by atoms with Gasteiger partial charge in [-0.15, -0.1) is 0 Å². The third-order valence-corrected chi connectivity index (χ3v) is 7.68. The summed E-state index contributed by atoms with van der Waals surface area (Å²) < 4.78 is 28.2. The van der Waals surface area contributed by atoms with Gasteiger partial charge < -0.3 is 30.1 Å². The van der Waals surface area contributed by atoms with Crippen molar-refractivity contribution in [2.75, 3.05) is 39.9 Å². The van der Waals surface area contributed by atoms with E-state index >= 15 is 4.39 Å². The molecule has 2 fully saturated rings. The van der Waals surface area contributed by atoms with Crippen molar-refractivity contribution in [2.24, 2.45) is 17.1 Å². The molecule has 1 aromatic carbocycles. The van der Waals surface area contributed by atoms with E-state index in [9.17, 15) is 14.7 Å². The van der Waals surface area contributed by atoms with Crippen molar-refractivity contribution < 1.29 is 28.6 Å². The minimum atomic E-state index is -0.965. The molecule has 0 bridgehead atoms. The van der Waals surface area contributed by atoms with E-state index < -0.39 is 23.2 Å². The van der Waals surface area contributed by atoms with E-state index in [1.165, 1.54) is 7.11 Å². The van der Waals surface area contributed by atoms with Crippen LogP contribution >= 0.6 is 0 Å². The van der Waals surface area contributed by atoms with Crippen LogP contribution in [0.15, 0.2) is 24.3 Å². The Morgan fingerprint density at radius 1 is 1.13 bits per heavy atom. The minimum absolute atomic E-state index is 0.0507. The molecule has 3 N–H and O–H groups in total. The molecule has 2 aliphatic rings. The van der Waals surface area contributed by atoms with Crippen LogP contribution in [0.2, 0.25) is 0 Å². The normalized spacial score (nSPS) is 21.9. The molecule has 10 nitrogen and oxygen atoms in total. The second-order valence-corrected chi connectivity index (χ2v) is 11.3. The molecule has 3 unspecified atom stereocenters. The Bertz CT molecular complexity index is 1170. The van der Waals surface area contributed by atoms with Crippen molar-refractivity contribution in [3.8, 4) is 5.88 Å². The lowest BCUT2D eigenvalue weighted by atomic mass is 9.84. The average Bonchev–Trinajstić information content (AvgIpc) is 3.49. The van der Waals surface area contributed by atoms with Gasteiger partial charge in [0, 0.05) is 45.8 Å². The number of halogens is 1. The van der Waals surface area contributed by atoms with Gasteiger partial charge in [0.05, 0.1) is 18.1 Å². The van der Waals surface area contributed by atoms with Crippen molar-refractivity contribution >= 4 is 11.9 Å². The lowest BCUT2D eigenvalue weighted by Gasteiger charge is -2.38. The molecule has 1 aromatic heterocycles. The van der Waals surface area contributed by atoms with Crippen molar-refractivity contribution in [3.63, 3.8) is 0 Å². The maximum absolute atomic E-state index is 16.0. The number of benzene rings is 1. The van der Waals surface area contributed by atoms with Gasteiger partial charge in [0.25, 0.3) is 11.8 Å². The number of nitrogens with zero attached hydrogens (tertiary/aromatic N) is 4. The van der Waals surface area contributed by atoms with Crippen LogP contribution in [0.1, 0.15) is 61.1 Å². The van der Waals surface area contributed by atoms with Crippen LogP contribution in [-0.4, -0.2) is 82.6 Å². The Hall–Kier alpha value is -3.02. The SMILES string of the molecule is COCC(C)(C)C(=O)n1nc(C2CCN(C(=O)N3CCC(O)C3)CC2C)c(F)c1OCc1ccc(CN)cc1. The van der Waals surface area contributed by atoms with Gasteiger partial charge in [-0.25, -0.2) is 4.79 Å². The molecule has 4 rings (SSSR count). The first-order chi connectivity index (χ1) is 18.6. The molecular weight excluding hydrogens is 505 g/mol. The molecule has 0 aliphatic carbocycles. The number of carbonyl (C=O) groups is 2.